The monoisotopic (exact) mass is 697 g/mol. The minimum atomic E-state index is -4.39. The molecule has 10 heteroatoms. The fourth-order valence-electron chi connectivity index (χ4n) is 4.72. The van der Waals surface area contributed by atoms with E-state index in [1.54, 1.807) is 0 Å². The summed E-state index contributed by atoms with van der Waals surface area (Å²) in [6.07, 6.45) is 37.3. The van der Waals surface area contributed by atoms with Crippen molar-refractivity contribution >= 4 is 19.8 Å². The van der Waals surface area contributed by atoms with Gasteiger partial charge in [0.15, 0.2) is 6.10 Å². The van der Waals surface area contributed by atoms with Crippen molar-refractivity contribution in [1.29, 1.82) is 0 Å². The Morgan fingerprint density at radius 3 is 1.77 bits per heavy atom. The highest BCUT2D eigenvalue weighted by Gasteiger charge is 2.25. The van der Waals surface area contributed by atoms with Crippen LogP contribution in [0, 0.1) is 0 Å². The molecular weight excluding hydrogens is 629 g/mol. The van der Waals surface area contributed by atoms with E-state index in [1.165, 1.54) is 57.8 Å². The third-order valence-electron chi connectivity index (χ3n) is 7.46. The van der Waals surface area contributed by atoms with E-state index >= 15 is 0 Å². The van der Waals surface area contributed by atoms with E-state index in [4.69, 9.17) is 24.3 Å². The molecule has 278 valence electrons. The van der Waals surface area contributed by atoms with Gasteiger partial charge in [0, 0.05) is 19.4 Å². The van der Waals surface area contributed by atoms with Gasteiger partial charge in [-0.05, 0) is 57.8 Å². The van der Waals surface area contributed by atoms with Crippen LogP contribution in [0.4, 0.5) is 0 Å². The summed E-state index contributed by atoms with van der Waals surface area (Å²) in [6, 6.07) is 0. The first kappa shape index (κ1) is 46.0. The average Bonchev–Trinajstić information content (AvgIpc) is 3.07. The van der Waals surface area contributed by atoms with Crippen LogP contribution in [-0.4, -0.2) is 49.3 Å². The number of rotatable bonds is 34. The number of esters is 2. The van der Waals surface area contributed by atoms with E-state index in [0.717, 1.165) is 51.4 Å². The summed E-state index contributed by atoms with van der Waals surface area (Å²) < 4.78 is 32.5. The zero-order chi connectivity index (χ0) is 35.4. The molecule has 0 rings (SSSR count). The first-order chi connectivity index (χ1) is 23.3. The number of allylic oxidation sites excluding steroid dienone is 8. The van der Waals surface area contributed by atoms with E-state index in [2.05, 4.69) is 50.3 Å². The predicted molar refractivity (Wildman–Crippen MR) is 196 cm³/mol. The molecule has 2 unspecified atom stereocenters. The number of nitrogens with two attached hydrogens (primary N) is 1. The molecule has 0 aliphatic rings. The minimum Gasteiger partial charge on any atom is -0.462 e. The summed E-state index contributed by atoms with van der Waals surface area (Å²) in [5.74, 6) is -0.922. The van der Waals surface area contributed by atoms with Crippen LogP contribution in [0.15, 0.2) is 48.6 Å². The summed E-state index contributed by atoms with van der Waals surface area (Å²) in [7, 11) is -4.39. The Morgan fingerprint density at radius 2 is 1.19 bits per heavy atom. The Labute approximate surface area is 292 Å². The molecule has 0 saturated carbocycles. The van der Waals surface area contributed by atoms with E-state index in [1.807, 2.05) is 12.2 Å². The molecule has 0 spiro atoms. The molecule has 0 fully saturated rings. The maximum absolute atomic E-state index is 12.5. The van der Waals surface area contributed by atoms with E-state index in [0.29, 0.717) is 12.8 Å². The second-order valence-electron chi connectivity index (χ2n) is 12.1. The number of phosphoric ester groups is 1. The first-order valence-corrected chi connectivity index (χ1v) is 20.1. The number of ether oxygens (including phenoxy) is 2. The summed E-state index contributed by atoms with van der Waals surface area (Å²) >= 11 is 0. The first-order valence-electron chi connectivity index (χ1n) is 18.6. The van der Waals surface area contributed by atoms with E-state index in [9.17, 15) is 19.0 Å². The van der Waals surface area contributed by atoms with Crippen LogP contribution < -0.4 is 5.73 Å². The summed E-state index contributed by atoms with van der Waals surface area (Å²) in [4.78, 5) is 34.6. The zero-order valence-electron chi connectivity index (χ0n) is 30.2. The molecule has 9 nitrogen and oxygen atoms in total. The number of carbonyl (C=O) groups is 2. The number of phosphoric acid groups is 1. The van der Waals surface area contributed by atoms with Crippen molar-refractivity contribution in [3.05, 3.63) is 48.6 Å². The third kappa shape index (κ3) is 33.9. The molecule has 0 radical (unpaired) electrons. The van der Waals surface area contributed by atoms with Gasteiger partial charge < -0.3 is 20.1 Å². The highest BCUT2D eigenvalue weighted by molar-refractivity contribution is 7.47. The average molecular weight is 698 g/mol. The van der Waals surface area contributed by atoms with Crippen molar-refractivity contribution in [1.82, 2.24) is 0 Å². The highest BCUT2D eigenvalue weighted by atomic mass is 31.2. The van der Waals surface area contributed by atoms with Gasteiger partial charge in [-0.2, -0.15) is 0 Å². The number of hydrogen-bond donors (Lipinski definition) is 2. The van der Waals surface area contributed by atoms with Crippen molar-refractivity contribution < 1.29 is 37.6 Å². The highest BCUT2D eigenvalue weighted by Crippen LogP contribution is 2.43. The lowest BCUT2D eigenvalue weighted by Crippen LogP contribution is -2.29. The third-order valence-corrected chi connectivity index (χ3v) is 8.45. The summed E-state index contributed by atoms with van der Waals surface area (Å²) in [5.41, 5.74) is 5.32. The Hall–Kier alpha value is -2.03. The second kappa shape index (κ2) is 34.8. The van der Waals surface area contributed by atoms with Gasteiger partial charge in [0.25, 0.3) is 0 Å². The van der Waals surface area contributed by atoms with Crippen molar-refractivity contribution in [2.75, 3.05) is 26.4 Å². The number of carbonyl (C=O) groups excluding carboxylic acids is 2. The van der Waals surface area contributed by atoms with Gasteiger partial charge in [0.2, 0.25) is 0 Å². The molecule has 0 heterocycles. The van der Waals surface area contributed by atoms with Crippen LogP contribution in [0.3, 0.4) is 0 Å². The van der Waals surface area contributed by atoms with Gasteiger partial charge >= 0.3 is 19.8 Å². The Bertz CT molecular complexity index is 934. The molecule has 0 amide bonds. The molecule has 0 aromatic rings. The van der Waals surface area contributed by atoms with Gasteiger partial charge in [0.1, 0.15) is 6.61 Å². The second-order valence-corrected chi connectivity index (χ2v) is 13.5. The molecule has 2 atom stereocenters. The van der Waals surface area contributed by atoms with Crippen LogP contribution in [0.2, 0.25) is 0 Å². The van der Waals surface area contributed by atoms with Crippen LogP contribution in [0.5, 0.6) is 0 Å². The molecule has 0 bridgehead atoms. The predicted octanol–water partition coefficient (Wildman–Crippen LogP) is 9.99. The standard InChI is InChI=1S/C38H68NO8P/c1-3-5-7-9-11-13-15-17-19-20-22-24-26-28-30-37(40)44-34-36(35-46-48(42,43)45-33-32-39)47-38(41)31-29-27-25-23-21-18-16-14-12-10-8-6-4-2/h5,7,11,13,18,21,25,27,36H,3-4,6,8-10,12,14-17,19-20,22-24,26,28-35,39H2,1-2H3,(H,42,43)/b7-5+,13-11+,21-18+,27-25+. The topological polar surface area (TPSA) is 134 Å². The van der Waals surface area contributed by atoms with Crippen molar-refractivity contribution in [2.24, 2.45) is 5.73 Å². The van der Waals surface area contributed by atoms with Crippen molar-refractivity contribution in [3.8, 4) is 0 Å². The molecule has 0 aromatic heterocycles. The number of hydrogen-bond acceptors (Lipinski definition) is 8. The van der Waals surface area contributed by atoms with Crippen molar-refractivity contribution in [2.45, 2.75) is 155 Å². The van der Waals surface area contributed by atoms with E-state index in [-0.39, 0.29) is 32.6 Å². The van der Waals surface area contributed by atoms with Gasteiger partial charge in [0.05, 0.1) is 13.2 Å². The molecular formula is C38H68NO8P. The van der Waals surface area contributed by atoms with Crippen LogP contribution in [0.25, 0.3) is 0 Å². The Balaban J connectivity index is 4.33. The number of unbranched alkanes of at least 4 members (excludes halogenated alkanes) is 13. The molecule has 0 aliphatic carbocycles. The Morgan fingerprint density at radius 1 is 0.646 bits per heavy atom. The molecule has 0 saturated heterocycles. The minimum absolute atomic E-state index is 0.0431. The molecule has 0 aliphatic heterocycles. The normalized spacial score (nSPS) is 14.0. The van der Waals surface area contributed by atoms with Crippen LogP contribution in [-0.2, 0) is 32.7 Å². The maximum Gasteiger partial charge on any atom is 0.472 e. The lowest BCUT2D eigenvalue weighted by molar-refractivity contribution is -0.161. The zero-order valence-corrected chi connectivity index (χ0v) is 31.1. The summed E-state index contributed by atoms with van der Waals surface area (Å²) in [6.45, 7) is 3.52. The van der Waals surface area contributed by atoms with Crippen LogP contribution in [0.1, 0.15) is 149 Å². The fourth-order valence-corrected chi connectivity index (χ4v) is 5.49. The van der Waals surface area contributed by atoms with Crippen LogP contribution >= 0.6 is 7.82 Å². The molecule has 3 N–H and O–H groups in total. The van der Waals surface area contributed by atoms with Gasteiger partial charge in [-0.15, -0.1) is 0 Å². The smallest absolute Gasteiger partial charge is 0.462 e. The lowest BCUT2D eigenvalue weighted by Gasteiger charge is -2.19. The Kier molecular flexibility index (Phi) is 33.3. The van der Waals surface area contributed by atoms with Gasteiger partial charge in [-0.3, -0.25) is 18.6 Å². The van der Waals surface area contributed by atoms with Crippen molar-refractivity contribution in [3.63, 3.8) is 0 Å². The summed E-state index contributed by atoms with van der Waals surface area (Å²) in [5, 5.41) is 0. The lowest BCUT2D eigenvalue weighted by atomic mass is 10.1. The molecule has 0 aromatic carbocycles. The maximum atomic E-state index is 12.5. The van der Waals surface area contributed by atoms with E-state index < -0.39 is 32.5 Å². The molecule has 48 heavy (non-hydrogen) atoms. The largest absolute Gasteiger partial charge is 0.472 e. The van der Waals surface area contributed by atoms with Gasteiger partial charge in [-0.25, -0.2) is 4.57 Å². The quantitative estimate of drug-likeness (QED) is 0.0291. The van der Waals surface area contributed by atoms with Gasteiger partial charge in [-0.1, -0.05) is 127 Å². The fraction of sp³-hybridized carbons (Fsp3) is 0.737. The SMILES string of the molecule is CC/C=C/C/C=C/CCCCCCCCCC(=O)OCC(COP(=O)(O)OCCN)OC(=O)CC/C=C/C/C=C/CCCCCCCC.